The molecular weight excluding hydrogens is 213 g/mol. The van der Waals surface area contributed by atoms with Crippen LogP contribution in [0.1, 0.15) is 18.5 Å². The summed E-state index contributed by atoms with van der Waals surface area (Å²) >= 11 is 1.72. The molecular formula is C11H14FNOS. The number of hydrogen-bond acceptors (Lipinski definition) is 3. The number of halogens is 1. The standard InChI is InChI=1S/C11H14FNOS/c1-7(13)10-4-8(12)2-3-11(10)15-9-5-14-6-9/h2-4,7,9H,5-6,13H2,1H3/t7-/m1/s1. The largest absolute Gasteiger partial charge is 0.379 e. The van der Waals surface area contributed by atoms with Crippen LogP contribution in [-0.2, 0) is 4.74 Å². The molecule has 2 rings (SSSR count). The van der Waals surface area contributed by atoms with Crippen LogP contribution < -0.4 is 5.73 Å². The Labute approximate surface area is 93.0 Å². The van der Waals surface area contributed by atoms with Crippen LogP contribution in [0.15, 0.2) is 23.1 Å². The van der Waals surface area contributed by atoms with E-state index in [1.165, 1.54) is 12.1 Å². The highest BCUT2D eigenvalue weighted by Crippen LogP contribution is 2.33. The number of rotatable bonds is 3. The zero-order chi connectivity index (χ0) is 10.8. The van der Waals surface area contributed by atoms with E-state index in [9.17, 15) is 4.39 Å². The van der Waals surface area contributed by atoms with Crippen LogP contribution in [0.5, 0.6) is 0 Å². The second kappa shape index (κ2) is 4.51. The quantitative estimate of drug-likeness (QED) is 0.860. The average molecular weight is 227 g/mol. The fourth-order valence-electron chi connectivity index (χ4n) is 1.44. The van der Waals surface area contributed by atoms with Gasteiger partial charge in [-0.2, -0.15) is 0 Å². The first-order valence-corrected chi connectivity index (χ1v) is 5.84. The van der Waals surface area contributed by atoms with E-state index in [0.717, 1.165) is 23.7 Å². The molecule has 0 aromatic heterocycles. The van der Waals surface area contributed by atoms with Gasteiger partial charge in [0.25, 0.3) is 0 Å². The van der Waals surface area contributed by atoms with Gasteiger partial charge in [0.15, 0.2) is 0 Å². The van der Waals surface area contributed by atoms with E-state index < -0.39 is 0 Å². The van der Waals surface area contributed by atoms with Gasteiger partial charge in [0.1, 0.15) is 5.82 Å². The second-order valence-electron chi connectivity index (χ2n) is 3.75. The molecule has 1 aliphatic heterocycles. The van der Waals surface area contributed by atoms with E-state index in [1.807, 2.05) is 6.92 Å². The maximum absolute atomic E-state index is 13.1. The lowest BCUT2D eigenvalue weighted by Gasteiger charge is -2.26. The van der Waals surface area contributed by atoms with Crippen LogP contribution in [-0.4, -0.2) is 18.5 Å². The monoisotopic (exact) mass is 227 g/mol. The van der Waals surface area contributed by atoms with E-state index in [2.05, 4.69) is 0 Å². The third-order valence-electron chi connectivity index (χ3n) is 2.36. The van der Waals surface area contributed by atoms with E-state index in [-0.39, 0.29) is 11.9 Å². The fourth-order valence-corrected chi connectivity index (χ4v) is 2.66. The van der Waals surface area contributed by atoms with Crippen LogP contribution >= 0.6 is 11.8 Å². The van der Waals surface area contributed by atoms with E-state index in [0.29, 0.717) is 5.25 Å². The smallest absolute Gasteiger partial charge is 0.123 e. The van der Waals surface area contributed by atoms with Crippen molar-refractivity contribution in [2.24, 2.45) is 5.73 Å². The van der Waals surface area contributed by atoms with Crippen molar-refractivity contribution in [1.82, 2.24) is 0 Å². The van der Waals surface area contributed by atoms with Gasteiger partial charge in [-0.1, -0.05) is 0 Å². The molecule has 82 valence electrons. The van der Waals surface area contributed by atoms with E-state index in [1.54, 1.807) is 17.8 Å². The van der Waals surface area contributed by atoms with Gasteiger partial charge in [-0.25, -0.2) is 4.39 Å². The molecule has 0 spiro atoms. The van der Waals surface area contributed by atoms with Crippen molar-refractivity contribution in [1.29, 1.82) is 0 Å². The van der Waals surface area contributed by atoms with Crippen molar-refractivity contribution < 1.29 is 9.13 Å². The molecule has 0 aliphatic carbocycles. The topological polar surface area (TPSA) is 35.2 Å². The van der Waals surface area contributed by atoms with Crippen molar-refractivity contribution in [2.45, 2.75) is 23.1 Å². The summed E-state index contributed by atoms with van der Waals surface area (Å²) in [6, 6.07) is 4.67. The predicted octanol–water partition coefficient (Wildman–Crippen LogP) is 2.34. The molecule has 1 aromatic rings. The molecule has 0 unspecified atom stereocenters. The molecule has 4 heteroatoms. The Kier molecular flexibility index (Phi) is 3.29. The summed E-state index contributed by atoms with van der Waals surface area (Å²) in [6.45, 7) is 3.43. The van der Waals surface area contributed by atoms with Crippen LogP contribution in [0.4, 0.5) is 4.39 Å². The molecule has 0 saturated carbocycles. The minimum Gasteiger partial charge on any atom is -0.379 e. The number of ether oxygens (including phenoxy) is 1. The first-order chi connectivity index (χ1) is 7.16. The summed E-state index contributed by atoms with van der Waals surface area (Å²) in [5, 5.41) is 0.493. The van der Waals surface area contributed by atoms with Gasteiger partial charge in [-0.15, -0.1) is 11.8 Å². The minimum atomic E-state index is -0.225. The Morgan fingerprint density at radius 2 is 2.27 bits per heavy atom. The fraction of sp³-hybridized carbons (Fsp3) is 0.455. The summed E-state index contributed by atoms with van der Waals surface area (Å²) < 4.78 is 18.2. The SMILES string of the molecule is C[C@@H](N)c1cc(F)ccc1SC1COC1. The number of hydrogen-bond donors (Lipinski definition) is 1. The summed E-state index contributed by atoms with van der Waals surface area (Å²) in [7, 11) is 0. The molecule has 1 aliphatic rings. The highest BCUT2D eigenvalue weighted by atomic mass is 32.2. The lowest BCUT2D eigenvalue weighted by Crippen LogP contribution is -2.30. The first kappa shape index (κ1) is 10.9. The Morgan fingerprint density at radius 3 is 2.80 bits per heavy atom. The normalized spacial score (nSPS) is 18.6. The summed E-state index contributed by atoms with van der Waals surface area (Å²) in [5.41, 5.74) is 6.69. The third kappa shape index (κ3) is 2.51. The predicted molar refractivity (Wildman–Crippen MR) is 59.5 cm³/mol. The number of nitrogens with two attached hydrogens (primary N) is 1. The maximum atomic E-state index is 13.1. The zero-order valence-corrected chi connectivity index (χ0v) is 9.39. The van der Waals surface area contributed by atoms with Gasteiger partial charge in [-0.05, 0) is 30.7 Å². The molecule has 0 bridgehead atoms. The maximum Gasteiger partial charge on any atom is 0.123 e. The Balaban J connectivity index is 2.20. The molecule has 0 amide bonds. The minimum absolute atomic E-state index is 0.135. The van der Waals surface area contributed by atoms with Gasteiger partial charge in [0, 0.05) is 10.9 Å². The first-order valence-electron chi connectivity index (χ1n) is 4.96. The van der Waals surface area contributed by atoms with Crippen molar-refractivity contribution in [3.8, 4) is 0 Å². The van der Waals surface area contributed by atoms with E-state index >= 15 is 0 Å². The third-order valence-corrected chi connectivity index (χ3v) is 3.59. The molecule has 1 heterocycles. The highest BCUT2D eigenvalue weighted by molar-refractivity contribution is 8.00. The van der Waals surface area contributed by atoms with Gasteiger partial charge in [0.05, 0.1) is 18.5 Å². The van der Waals surface area contributed by atoms with Crippen molar-refractivity contribution in [2.75, 3.05) is 13.2 Å². The Hall–Kier alpha value is -0.580. The van der Waals surface area contributed by atoms with Crippen molar-refractivity contribution in [3.05, 3.63) is 29.6 Å². The molecule has 2 N–H and O–H groups in total. The van der Waals surface area contributed by atoms with Gasteiger partial charge in [-0.3, -0.25) is 0 Å². The zero-order valence-electron chi connectivity index (χ0n) is 8.57. The molecule has 1 atom stereocenters. The van der Waals surface area contributed by atoms with E-state index in [4.69, 9.17) is 10.5 Å². The molecule has 1 saturated heterocycles. The molecule has 0 radical (unpaired) electrons. The molecule has 1 fully saturated rings. The second-order valence-corrected chi connectivity index (χ2v) is 5.09. The van der Waals surface area contributed by atoms with Crippen LogP contribution in [0, 0.1) is 5.82 Å². The van der Waals surface area contributed by atoms with Crippen LogP contribution in [0.2, 0.25) is 0 Å². The molecule has 15 heavy (non-hydrogen) atoms. The number of benzene rings is 1. The summed E-state index contributed by atoms with van der Waals surface area (Å²) in [4.78, 5) is 1.07. The van der Waals surface area contributed by atoms with Gasteiger partial charge < -0.3 is 10.5 Å². The van der Waals surface area contributed by atoms with Crippen LogP contribution in [0.25, 0.3) is 0 Å². The van der Waals surface area contributed by atoms with Crippen LogP contribution in [0.3, 0.4) is 0 Å². The lowest BCUT2D eigenvalue weighted by molar-refractivity contribution is 0.0455. The Bertz CT molecular complexity index is 352. The Morgan fingerprint density at radius 1 is 1.53 bits per heavy atom. The van der Waals surface area contributed by atoms with Crippen molar-refractivity contribution >= 4 is 11.8 Å². The summed E-state index contributed by atoms with van der Waals surface area (Å²) in [6.07, 6.45) is 0. The number of thioether (sulfide) groups is 1. The van der Waals surface area contributed by atoms with Gasteiger partial charge >= 0.3 is 0 Å². The molecule has 2 nitrogen and oxygen atoms in total. The molecule has 1 aromatic carbocycles. The summed E-state index contributed by atoms with van der Waals surface area (Å²) in [5.74, 6) is -0.225. The lowest BCUT2D eigenvalue weighted by atomic mass is 10.1. The highest BCUT2D eigenvalue weighted by Gasteiger charge is 2.21. The van der Waals surface area contributed by atoms with Crippen molar-refractivity contribution in [3.63, 3.8) is 0 Å². The average Bonchev–Trinajstić information content (AvgIpc) is 2.12. The van der Waals surface area contributed by atoms with Gasteiger partial charge in [0.2, 0.25) is 0 Å².